The lowest BCUT2D eigenvalue weighted by atomic mass is 10.1. The highest BCUT2D eigenvalue weighted by Crippen LogP contribution is 2.20. The van der Waals surface area contributed by atoms with Gasteiger partial charge < -0.3 is 15.0 Å². The molecule has 8 heteroatoms. The normalized spacial score (nSPS) is 10.4. The molecule has 0 aliphatic rings. The Morgan fingerprint density at radius 1 is 1.14 bits per heavy atom. The molecule has 0 fully saturated rings. The number of aromatic nitrogens is 2. The van der Waals surface area contributed by atoms with Gasteiger partial charge in [-0.25, -0.2) is 4.68 Å². The summed E-state index contributed by atoms with van der Waals surface area (Å²) in [5.74, 6) is 1.65. The largest absolute Gasteiger partial charge is 0.469 e. The molecule has 2 aromatic carbocycles. The second kappa shape index (κ2) is 11.2. The van der Waals surface area contributed by atoms with Crippen LogP contribution in [0.5, 0.6) is 0 Å². The van der Waals surface area contributed by atoms with Gasteiger partial charge in [0.05, 0.1) is 25.0 Å². The van der Waals surface area contributed by atoms with Crippen LogP contribution in [0.15, 0.2) is 48.5 Å². The minimum atomic E-state index is -0.325. The number of anilines is 1. The molecule has 0 aliphatic heterocycles. The number of methoxy groups -OCH3 is 1. The number of hydrogen-bond donors (Lipinski definition) is 1. The molecule has 8 nitrogen and oxygen atoms in total. The van der Waals surface area contributed by atoms with Crippen molar-refractivity contribution in [3.63, 3.8) is 0 Å². The molecule has 1 heterocycles. The first-order chi connectivity index (χ1) is 16.7. The molecule has 1 aromatic heterocycles. The van der Waals surface area contributed by atoms with Crippen molar-refractivity contribution < 1.29 is 19.1 Å². The van der Waals surface area contributed by atoms with Gasteiger partial charge in [-0.05, 0) is 68.3 Å². The summed E-state index contributed by atoms with van der Waals surface area (Å²) in [6, 6.07) is 14.0. The van der Waals surface area contributed by atoms with E-state index in [2.05, 4.69) is 16.3 Å². The summed E-state index contributed by atoms with van der Waals surface area (Å²) >= 11 is 0. The van der Waals surface area contributed by atoms with Gasteiger partial charge in [0, 0.05) is 36.0 Å². The average molecular weight is 473 g/mol. The summed E-state index contributed by atoms with van der Waals surface area (Å²) in [7, 11) is 2.94. The molecular formula is C27H28N4O4. The van der Waals surface area contributed by atoms with E-state index in [1.807, 2.05) is 13.8 Å². The van der Waals surface area contributed by atoms with Gasteiger partial charge >= 0.3 is 5.97 Å². The number of benzene rings is 2. The number of terminal acetylenes is 1. The number of hydrogen-bond acceptors (Lipinski definition) is 5. The molecule has 1 N–H and O–H groups in total. The SMILES string of the molecule is C#Cc1cccc(NC(=O)CN(C)C(=O)c2ccc(-n3nc(C)c(CCC(=O)OC)c3C)cc2)c1. The highest BCUT2D eigenvalue weighted by molar-refractivity contribution is 5.99. The average Bonchev–Trinajstić information content (AvgIpc) is 3.14. The zero-order chi connectivity index (χ0) is 25.5. The third kappa shape index (κ3) is 6.15. The maximum Gasteiger partial charge on any atom is 0.305 e. The molecule has 0 aliphatic carbocycles. The monoisotopic (exact) mass is 472 g/mol. The van der Waals surface area contributed by atoms with Crippen molar-refractivity contribution in [1.29, 1.82) is 0 Å². The smallest absolute Gasteiger partial charge is 0.305 e. The first-order valence-electron chi connectivity index (χ1n) is 11.1. The quantitative estimate of drug-likeness (QED) is 0.401. The number of nitrogens with one attached hydrogen (secondary N) is 1. The second-order valence-electron chi connectivity index (χ2n) is 8.12. The molecule has 180 valence electrons. The van der Waals surface area contributed by atoms with Crippen molar-refractivity contribution >= 4 is 23.5 Å². The van der Waals surface area contributed by atoms with E-state index in [9.17, 15) is 14.4 Å². The van der Waals surface area contributed by atoms with Crippen molar-refractivity contribution in [1.82, 2.24) is 14.7 Å². The van der Waals surface area contributed by atoms with Crippen molar-refractivity contribution in [2.45, 2.75) is 26.7 Å². The Bertz CT molecular complexity index is 1290. The molecule has 0 unspecified atom stereocenters. The third-order valence-electron chi connectivity index (χ3n) is 5.65. The van der Waals surface area contributed by atoms with Gasteiger partial charge in [-0.1, -0.05) is 12.0 Å². The van der Waals surface area contributed by atoms with Crippen LogP contribution in [0.1, 0.15) is 39.3 Å². The molecule has 35 heavy (non-hydrogen) atoms. The van der Waals surface area contributed by atoms with E-state index >= 15 is 0 Å². The Labute approximate surface area is 204 Å². The molecule has 0 radical (unpaired) electrons. The second-order valence-corrected chi connectivity index (χ2v) is 8.12. The first-order valence-corrected chi connectivity index (χ1v) is 11.1. The van der Waals surface area contributed by atoms with Crippen LogP contribution in [0.4, 0.5) is 5.69 Å². The molecule has 0 spiro atoms. The lowest BCUT2D eigenvalue weighted by Crippen LogP contribution is -2.34. The Morgan fingerprint density at radius 3 is 2.51 bits per heavy atom. The number of carbonyl (C=O) groups excluding carboxylic acids is 3. The van der Waals surface area contributed by atoms with Crippen LogP contribution in [0.3, 0.4) is 0 Å². The maximum absolute atomic E-state index is 12.8. The summed E-state index contributed by atoms with van der Waals surface area (Å²) in [5, 5.41) is 7.34. The molecule has 0 saturated carbocycles. The van der Waals surface area contributed by atoms with E-state index in [-0.39, 0.29) is 30.7 Å². The lowest BCUT2D eigenvalue weighted by molar-refractivity contribution is -0.140. The van der Waals surface area contributed by atoms with Crippen LogP contribution in [0.25, 0.3) is 5.69 Å². The molecule has 0 saturated heterocycles. The predicted molar refractivity (Wildman–Crippen MR) is 133 cm³/mol. The van der Waals surface area contributed by atoms with Crippen LogP contribution in [0.2, 0.25) is 0 Å². The fourth-order valence-corrected chi connectivity index (χ4v) is 3.76. The minimum Gasteiger partial charge on any atom is -0.469 e. The highest BCUT2D eigenvalue weighted by Gasteiger charge is 2.17. The van der Waals surface area contributed by atoms with Crippen LogP contribution >= 0.6 is 0 Å². The summed E-state index contributed by atoms with van der Waals surface area (Å²) < 4.78 is 6.52. The topological polar surface area (TPSA) is 93.5 Å². The van der Waals surface area contributed by atoms with E-state index in [4.69, 9.17) is 11.2 Å². The number of esters is 1. The zero-order valence-electron chi connectivity index (χ0n) is 20.3. The van der Waals surface area contributed by atoms with Gasteiger partial charge in [-0.15, -0.1) is 6.42 Å². The number of amides is 2. The molecule has 0 atom stereocenters. The molecule has 3 aromatic rings. The number of likely N-dealkylation sites (N-methyl/N-ethyl adjacent to an activating group) is 1. The summed E-state index contributed by atoms with van der Waals surface area (Å²) in [6.07, 6.45) is 6.22. The molecule has 0 bridgehead atoms. The van der Waals surface area contributed by atoms with Crippen LogP contribution in [-0.2, 0) is 20.7 Å². The number of carbonyl (C=O) groups is 3. The predicted octanol–water partition coefficient (Wildman–Crippen LogP) is 3.29. The fraction of sp³-hybridized carbons (Fsp3) is 0.259. The van der Waals surface area contributed by atoms with Gasteiger partial charge in [0.15, 0.2) is 0 Å². The van der Waals surface area contributed by atoms with Gasteiger partial charge in [0.2, 0.25) is 5.91 Å². The minimum absolute atomic E-state index is 0.109. The van der Waals surface area contributed by atoms with Crippen molar-refractivity contribution in [2.24, 2.45) is 0 Å². The van der Waals surface area contributed by atoms with E-state index in [1.54, 1.807) is 60.3 Å². The Morgan fingerprint density at radius 2 is 1.86 bits per heavy atom. The maximum atomic E-state index is 12.8. The number of ether oxygens (including phenoxy) is 1. The van der Waals surface area contributed by atoms with E-state index in [0.717, 1.165) is 22.6 Å². The summed E-state index contributed by atoms with van der Waals surface area (Å²) in [4.78, 5) is 38.1. The first kappa shape index (κ1) is 25.2. The molecular weight excluding hydrogens is 444 g/mol. The van der Waals surface area contributed by atoms with Crippen molar-refractivity contribution in [3.8, 4) is 18.0 Å². The number of nitrogens with zero attached hydrogens (tertiary/aromatic N) is 3. The van der Waals surface area contributed by atoms with Crippen molar-refractivity contribution in [2.75, 3.05) is 26.0 Å². The van der Waals surface area contributed by atoms with Gasteiger partial charge in [0.1, 0.15) is 0 Å². The Kier molecular flexibility index (Phi) is 8.05. The summed E-state index contributed by atoms with van der Waals surface area (Å²) in [5.41, 5.74) is 5.23. The zero-order valence-corrected chi connectivity index (χ0v) is 20.3. The van der Waals surface area contributed by atoms with Crippen LogP contribution in [0, 0.1) is 26.2 Å². The third-order valence-corrected chi connectivity index (χ3v) is 5.65. The Balaban J connectivity index is 1.66. The lowest BCUT2D eigenvalue weighted by Gasteiger charge is -2.17. The molecule has 3 rings (SSSR count). The number of aryl methyl sites for hydroxylation is 1. The van der Waals surface area contributed by atoms with E-state index < -0.39 is 0 Å². The highest BCUT2D eigenvalue weighted by atomic mass is 16.5. The van der Waals surface area contributed by atoms with Crippen LogP contribution in [-0.4, -0.2) is 53.2 Å². The van der Waals surface area contributed by atoms with Gasteiger partial charge in [-0.2, -0.15) is 5.10 Å². The Hall–Kier alpha value is -4.38. The van der Waals surface area contributed by atoms with Crippen molar-refractivity contribution in [3.05, 3.63) is 76.6 Å². The van der Waals surface area contributed by atoms with Gasteiger partial charge in [0.25, 0.3) is 5.91 Å². The van der Waals surface area contributed by atoms with E-state index in [1.165, 1.54) is 12.0 Å². The van der Waals surface area contributed by atoms with E-state index in [0.29, 0.717) is 23.2 Å². The molecule has 2 amide bonds. The number of rotatable bonds is 8. The summed E-state index contributed by atoms with van der Waals surface area (Å²) in [6.45, 7) is 3.73. The standard InChI is InChI=1S/C27H28N4O4/c1-6-20-8-7-9-22(16-20)28-25(32)17-30(4)27(34)21-10-12-23(13-11-21)31-19(3)24(18(2)29-31)14-15-26(33)35-5/h1,7-13,16H,14-15,17H2,2-5H3,(H,28,32). The van der Waals surface area contributed by atoms with Crippen LogP contribution < -0.4 is 5.32 Å². The fourth-order valence-electron chi connectivity index (χ4n) is 3.76. The van der Waals surface area contributed by atoms with Gasteiger partial charge in [-0.3, -0.25) is 14.4 Å².